The van der Waals surface area contributed by atoms with E-state index < -0.39 is 6.61 Å². The Kier molecular flexibility index (Phi) is 4.04. The Balaban J connectivity index is 1.72. The van der Waals surface area contributed by atoms with Crippen LogP contribution in [0.15, 0.2) is 59.0 Å². The van der Waals surface area contributed by atoms with Gasteiger partial charge in [0.05, 0.1) is 11.1 Å². The van der Waals surface area contributed by atoms with Gasteiger partial charge in [0.15, 0.2) is 0 Å². The van der Waals surface area contributed by atoms with Crippen LogP contribution < -0.4 is 4.74 Å². The lowest BCUT2D eigenvalue weighted by atomic mass is 10.1. The van der Waals surface area contributed by atoms with E-state index in [9.17, 15) is 8.78 Å². The maximum atomic E-state index is 12.6. The number of pyridine rings is 1. The van der Waals surface area contributed by atoms with Crippen molar-refractivity contribution in [3.05, 3.63) is 60.2 Å². The van der Waals surface area contributed by atoms with Crippen molar-refractivity contribution in [1.29, 1.82) is 0 Å². The molecule has 0 N–H and O–H groups in total. The van der Waals surface area contributed by atoms with E-state index in [2.05, 4.69) is 19.9 Å². The zero-order chi connectivity index (χ0) is 18.1. The van der Waals surface area contributed by atoms with Gasteiger partial charge in [-0.2, -0.15) is 8.78 Å². The van der Waals surface area contributed by atoms with Gasteiger partial charge < -0.3 is 9.15 Å². The Hall–Kier alpha value is -3.35. The standard InChI is InChI=1S/C19H13F2N3O2/c1-11-6-8-14-12(10-11)7-9-15(22-14)18-24-23-17(26-18)13-4-2-3-5-16(13)25-19(20)21/h2-10,19H,1H3. The molecule has 0 bridgehead atoms. The minimum absolute atomic E-state index is 0.0281. The highest BCUT2D eigenvalue weighted by Crippen LogP contribution is 2.31. The molecule has 4 rings (SSSR count). The van der Waals surface area contributed by atoms with Gasteiger partial charge in [0.2, 0.25) is 0 Å². The number of alkyl halides is 2. The number of ether oxygens (including phenoxy) is 1. The molecule has 0 atom stereocenters. The Morgan fingerprint density at radius 2 is 1.77 bits per heavy atom. The summed E-state index contributed by atoms with van der Waals surface area (Å²) >= 11 is 0. The van der Waals surface area contributed by atoms with Gasteiger partial charge in [0, 0.05) is 5.39 Å². The summed E-state index contributed by atoms with van der Waals surface area (Å²) in [5, 5.41) is 8.93. The monoisotopic (exact) mass is 353 g/mol. The van der Waals surface area contributed by atoms with Gasteiger partial charge in [-0.25, -0.2) is 4.98 Å². The molecule has 0 spiro atoms. The summed E-state index contributed by atoms with van der Waals surface area (Å²) in [5.74, 6) is 0.260. The maximum absolute atomic E-state index is 12.6. The van der Waals surface area contributed by atoms with Crippen LogP contribution in [0, 0.1) is 6.92 Å². The van der Waals surface area contributed by atoms with E-state index in [0.29, 0.717) is 11.3 Å². The number of rotatable bonds is 4. The van der Waals surface area contributed by atoms with Crippen molar-refractivity contribution < 1.29 is 17.9 Å². The number of hydrogen-bond donors (Lipinski definition) is 0. The van der Waals surface area contributed by atoms with Gasteiger partial charge in [-0.15, -0.1) is 10.2 Å². The Bertz CT molecular complexity index is 1080. The first-order valence-electron chi connectivity index (χ1n) is 7.86. The number of aryl methyl sites for hydroxylation is 1. The molecule has 26 heavy (non-hydrogen) atoms. The topological polar surface area (TPSA) is 61.0 Å². The molecule has 2 aromatic carbocycles. The summed E-state index contributed by atoms with van der Waals surface area (Å²) in [7, 11) is 0. The van der Waals surface area contributed by atoms with Crippen LogP contribution in [0.3, 0.4) is 0 Å². The molecule has 5 nitrogen and oxygen atoms in total. The molecular weight excluding hydrogens is 340 g/mol. The summed E-state index contributed by atoms with van der Waals surface area (Å²) < 4.78 is 35.3. The molecule has 0 aliphatic carbocycles. The molecule has 0 fully saturated rings. The lowest BCUT2D eigenvalue weighted by Crippen LogP contribution is -2.03. The van der Waals surface area contributed by atoms with Crippen molar-refractivity contribution in [2.45, 2.75) is 13.5 Å². The van der Waals surface area contributed by atoms with Crippen LogP contribution in [0.5, 0.6) is 5.75 Å². The first kappa shape index (κ1) is 16.1. The molecule has 0 saturated heterocycles. The molecule has 4 aromatic rings. The SMILES string of the molecule is Cc1ccc2nc(-c3nnc(-c4ccccc4OC(F)F)o3)ccc2c1. The second kappa shape index (κ2) is 6.51. The third-order valence-electron chi connectivity index (χ3n) is 3.82. The Morgan fingerprint density at radius 1 is 0.962 bits per heavy atom. The van der Waals surface area contributed by atoms with Gasteiger partial charge >= 0.3 is 6.61 Å². The van der Waals surface area contributed by atoms with E-state index in [-0.39, 0.29) is 17.5 Å². The van der Waals surface area contributed by atoms with Gasteiger partial charge in [-0.3, -0.25) is 0 Å². The summed E-state index contributed by atoms with van der Waals surface area (Å²) in [6.45, 7) is -0.930. The number of benzene rings is 2. The number of nitrogens with zero attached hydrogens (tertiary/aromatic N) is 3. The molecule has 2 aromatic heterocycles. The van der Waals surface area contributed by atoms with Crippen LogP contribution in [-0.2, 0) is 0 Å². The maximum Gasteiger partial charge on any atom is 0.387 e. The van der Waals surface area contributed by atoms with Crippen LogP contribution in [-0.4, -0.2) is 21.8 Å². The fraction of sp³-hybridized carbons (Fsp3) is 0.105. The average molecular weight is 353 g/mol. The van der Waals surface area contributed by atoms with Crippen LogP contribution in [0.4, 0.5) is 8.78 Å². The van der Waals surface area contributed by atoms with Gasteiger partial charge in [0.1, 0.15) is 11.4 Å². The first-order valence-corrected chi connectivity index (χ1v) is 7.86. The van der Waals surface area contributed by atoms with Gasteiger partial charge in [-0.05, 0) is 37.3 Å². The van der Waals surface area contributed by atoms with Crippen molar-refractivity contribution in [3.8, 4) is 28.8 Å². The van der Waals surface area contributed by atoms with Gasteiger partial charge in [-0.1, -0.05) is 29.8 Å². The highest BCUT2D eigenvalue weighted by molar-refractivity contribution is 5.81. The lowest BCUT2D eigenvalue weighted by Gasteiger charge is -2.07. The smallest absolute Gasteiger partial charge is 0.387 e. The minimum Gasteiger partial charge on any atom is -0.434 e. The second-order valence-electron chi connectivity index (χ2n) is 5.68. The van der Waals surface area contributed by atoms with E-state index in [4.69, 9.17) is 4.42 Å². The quantitative estimate of drug-likeness (QED) is 0.524. The second-order valence-corrected chi connectivity index (χ2v) is 5.68. The first-order chi connectivity index (χ1) is 12.6. The third kappa shape index (κ3) is 3.11. The fourth-order valence-corrected chi connectivity index (χ4v) is 2.64. The normalized spacial score (nSPS) is 11.2. The molecule has 2 heterocycles. The van der Waals surface area contributed by atoms with Crippen molar-refractivity contribution >= 4 is 10.9 Å². The summed E-state index contributed by atoms with van der Waals surface area (Å²) in [4.78, 5) is 4.52. The van der Waals surface area contributed by atoms with Crippen LogP contribution in [0.25, 0.3) is 33.9 Å². The average Bonchev–Trinajstić information content (AvgIpc) is 3.11. The molecule has 0 amide bonds. The van der Waals surface area contributed by atoms with E-state index in [1.807, 2.05) is 31.2 Å². The molecule has 0 radical (unpaired) electrons. The molecule has 130 valence electrons. The zero-order valence-electron chi connectivity index (χ0n) is 13.7. The highest BCUT2D eigenvalue weighted by Gasteiger charge is 2.17. The summed E-state index contributed by atoms with van der Waals surface area (Å²) in [6.07, 6.45) is 0. The number of aromatic nitrogens is 3. The van der Waals surface area contributed by atoms with Crippen molar-refractivity contribution in [1.82, 2.24) is 15.2 Å². The molecule has 7 heteroatoms. The summed E-state index contributed by atoms with van der Waals surface area (Å²) in [6, 6.07) is 15.9. The predicted octanol–water partition coefficient (Wildman–Crippen LogP) is 4.86. The van der Waals surface area contributed by atoms with E-state index >= 15 is 0 Å². The van der Waals surface area contributed by atoms with Crippen molar-refractivity contribution in [2.24, 2.45) is 0 Å². The van der Waals surface area contributed by atoms with E-state index in [0.717, 1.165) is 16.5 Å². The number of halogens is 2. The lowest BCUT2D eigenvalue weighted by molar-refractivity contribution is -0.0495. The van der Waals surface area contributed by atoms with Crippen molar-refractivity contribution in [3.63, 3.8) is 0 Å². The van der Waals surface area contributed by atoms with Crippen LogP contribution in [0.2, 0.25) is 0 Å². The number of fused-ring (bicyclic) bond motifs is 1. The predicted molar refractivity (Wildman–Crippen MR) is 91.8 cm³/mol. The molecule has 0 unspecified atom stereocenters. The van der Waals surface area contributed by atoms with Crippen LogP contribution in [0.1, 0.15) is 5.56 Å². The van der Waals surface area contributed by atoms with E-state index in [1.54, 1.807) is 24.3 Å². The summed E-state index contributed by atoms with van der Waals surface area (Å²) in [5.41, 5.74) is 2.74. The minimum atomic E-state index is -2.94. The highest BCUT2D eigenvalue weighted by atomic mass is 19.3. The van der Waals surface area contributed by atoms with Crippen LogP contribution >= 0.6 is 0 Å². The largest absolute Gasteiger partial charge is 0.434 e. The zero-order valence-corrected chi connectivity index (χ0v) is 13.7. The Morgan fingerprint density at radius 3 is 2.62 bits per heavy atom. The van der Waals surface area contributed by atoms with E-state index in [1.165, 1.54) is 6.07 Å². The fourth-order valence-electron chi connectivity index (χ4n) is 2.64. The molecule has 0 aliphatic heterocycles. The number of hydrogen-bond acceptors (Lipinski definition) is 5. The van der Waals surface area contributed by atoms with Crippen molar-refractivity contribution in [2.75, 3.05) is 0 Å². The third-order valence-corrected chi connectivity index (χ3v) is 3.82. The molecular formula is C19H13F2N3O2. The van der Waals surface area contributed by atoms with Gasteiger partial charge in [0.25, 0.3) is 11.8 Å². The Labute approximate surface area is 147 Å². The molecule has 0 saturated carbocycles. The molecule has 0 aliphatic rings. The number of para-hydroxylation sites is 1.